The minimum Gasteiger partial charge on any atom is -0.481 e. The average molecular weight is 285 g/mol. The van der Waals surface area contributed by atoms with Gasteiger partial charge in [-0.1, -0.05) is 24.3 Å². The van der Waals surface area contributed by atoms with Crippen molar-refractivity contribution in [3.63, 3.8) is 0 Å². The molecule has 0 unspecified atom stereocenters. The van der Waals surface area contributed by atoms with Crippen LogP contribution in [0.2, 0.25) is 0 Å². The molecule has 0 atom stereocenters. The number of rotatable bonds is 3. The zero-order valence-corrected chi connectivity index (χ0v) is 12.4. The Kier molecular flexibility index (Phi) is 3.90. The molecule has 1 aliphatic rings. The fourth-order valence-electron chi connectivity index (χ4n) is 2.65. The number of hydrogen-bond acceptors (Lipinski definition) is 5. The first-order valence-corrected chi connectivity index (χ1v) is 7.09. The monoisotopic (exact) mass is 285 g/mol. The normalized spacial score (nSPS) is 14.3. The maximum atomic E-state index is 5.23. The molecule has 5 nitrogen and oxygen atoms in total. The highest BCUT2D eigenvalue weighted by Gasteiger charge is 2.17. The maximum Gasteiger partial charge on any atom is 0.321 e. The minimum atomic E-state index is 0.335. The molecule has 0 fully saturated rings. The lowest BCUT2D eigenvalue weighted by molar-refractivity contribution is 0.352. The van der Waals surface area contributed by atoms with E-state index >= 15 is 0 Å². The Bertz CT molecular complexity index is 608. The number of ether oxygens (including phenoxy) is 2. The van der Waals surface area contributed by atoms with Crippen LogP contribution in [0.3, 0.4) is 0 Å². The van der Waals surface area contributed by atoms with E-state index in [4.69, 9.17) is 9.47 Å². The number of fused-ring (bicyclic) bond motifs is 1. The fourth-order valence-corrected chi connectivity index (χ4v) is 2.65. The number of nitrogens with zero attached hydrogens (tertiary/aromatic N) is 3. The number of benzene rings is 1. The van der Waals surface area contributed by atoms with E-state index in [1.807, 2.05) is 6.07 Å². The molecule has 0 saturated heterocycles. The van der Waals surface area contributed by atoms with Gasteiger partial charge in [-0.25, -0.2) is 0 Å². The van der Waals surface area contributed by atoms with E-state index in [2.05, 4.69) is 39.1 Å². The summed E-state index contributed by atoms with van der Waals surface area (Å²) in [7, 11) is 3.17. The smallest absolute Gasteiger partial charge is 0.321 e. The van der Waals surface area contributed by atoms with Gasteiger partial charge in [0.25, 0.3) is 0 Å². The van der Waals surface area contributed by atoms with Crippen molar-refractivity contribution in [2.24, 2.45) is 0 Å². The molecule has 0 radical (unpaired) electrons. The van der Waals surface area contributed by atoms with Crippen LogP contribution in [0.15, 0.2) is 30.3 Å². The van der Waals surface area contributed by atoms with E-state index < -0.39 is 0 Å². The summed E-state index contributed by atoms with van der Waals surface area (Å²) in [6.45, 7) is 1.80. The number of aromatic nitrogens is 2. The standard InChI is InChI=1S/C16H19N3O2/c1-20-15-10-14(17-16(18-15)21-2)19-9-5-8-12-6-3-4-7-13(12)11-19/h3-4,6-7,10H,5,8-9,11H2,1-2H3. The summed E-state index contributed by atoms with van der Waals surface area (Å²) >= 11 is 0. The SMILES string of the molecule is COc1cc(N2CCCc3ccccc3C2)nc(OC)n1. The van der Waals surface area contributed by atoms with Crippen molar-refractivity contribution in [2.45, 2.75) is 19.4 Å². The molecule has 110 valence electrons. The molecule has 0 bridgehead atoms. The van der Waals surface area contributed by atoms with Crippen LogP contribution in [-0.2, 0) is 13.0 Å². The van der Waals surface area contributed by atoms with E-state index in [-0.39, 0.29) is 0 Å². The molecule has 1 aliphatic heterocycles. The largest absolute Gasteiger partial charge is 0.481 e. The highest BCUT2D eigenvalue weighted by Crippen LogP contribution is 2.26. The average Bonchev–Trinajstić information content (AvgIpc) is 2.76. The van der Waals surface area contributed by atoms with Crippen LogP contribution in [0.4, 0.5) is 5.82 Å². The third-order valence-corrected chi connectivity index (χ3v) is 3.74. The van der Waals surface area contributed by atoms with Crippen LogP contribution >= 0.6 is 0 Å². The Labute approximate surface area is 124 Å². The summed E-state index contributed by atoms with van der Waals surface area (Å²) in [5.74, 6) is 1.37. The molecule has 0 saturated carbocycles. The molecule has 1 aromatic carbocycles. The van der Waals surface area contributed by atoms with E-state index in [1.165, 1.54) is 11.1 Å². The number of aryl methyl sites for hydroxylation is 1. The van der Waals surface area contributed by atoms with Crippen LogP contribution < -0.4 is 14.4 Å². The van der Waals surface area contributed by atoms with Crippen molar-refractivity contribution in [1.29, 1.82) is 0 Å². The van der Waals surface area contributed by atoms with Crippen molar-refractivity contribution in [3.05, 3.63) is 41.5 Å². The number of anilines is 1. The summed E-state index contributed by atoms with van der Waals surface area (Å²) in [5.41, 5.74) is 2.78. The first-order chi connectivity index (χ1) is 10.3. The van der Waals surface area contributed by atoms with Gasteiger partial charge in [-0.3, -0.25) is 0 Å². The molecule has 21 heavy (non-hydrogen) atoms. The Morgan fingerprint density at radius 1 is 1.05 bits per heavy atom. The van der Waals surface area contributed by atoms with Crippen molar-refractivity contribution in [3.8, 4) is 11.9 Å². The lowest BCUT2D eigenvalue weighted by Crippen LogP contribution is -2.24. The quantitative estimate of drug-likeness (QED) is 0.867. The Morgan fingerprint density at radius 3 is 2.62 bits per heavy atom. The number of methoxy groups -OCH3 is 2. The Hall–Kier alpha value is -2.30. The molecule has 0 aliphatic carbocycles. The van der Waals surface area contributed by atoms with Gasteiger partial charge in [0.2, 0.25) is 5.88 Å². The summed E-state index contributed by atoms with van der Waals surface area (Å²) < 4.78 is 10.4. The van der Waals surface area contributed by atoms with Gasteiger partial charge < -0.3 is 14.4 Å². The first-order valence-electron chi connectivity index (χ1n) is 7.09. The molecule has 0 amide bonds. The first kappa shape index (κ1) is 13.7. The van der Waals surface area contributed by atoms with Crippen LogP contribution in [0.5, 0.6) is 11.9 Å². The second-order valence-corrected chi connectivity index (χ2v) is 5.05. The molecule has 0 spiro atoms. The van der Waals surface area contributed by atoms with Gasteiger partial charge in [0.15, 0.2) is 0 Å². The second-order valence-electron chi connectivity index (χ2n) is 5.05. The van der Waals surface area contributed by atoms with Crippen molar-refractivity contribution < 1.29 is 9.47 Å². The maximum absolute atomic E-state index is 5.23. The van der Waals surface area contributed by atoms with E-state index in [1.54, 1.807) is 14.2 Å². The molecule has 5 heteroatoms. The number of hydrogen-bond donors (Lipinski definition) is 0. The molecular formula is C16H19N3O2. The summed E-state index contributed by atoms with van der Waals surface area (Å²) in [6, 6.07) is 10.8. The highest BCUT2D eigenvalue weighted by molar-refractivity contribution is 5.45. The van der Waals surface area contributed by atoms with Crippen molar-refractivity contribution in [2.75, 3.05) is 25.7 Å². The Morgan fingerprint density at radius 2 is 1.86 bits per heavy atom. The zero-order valence-electron chi connectivity index (χ0n) is 12.4. The van der Waals surface area contributed by atoms with E-state index in [9.17, 15) is 0 Å². The molecule has 3 rings (SSSR count). The predicted octanol–water partition coefficient (Wildman–Crippen LogP) is 2.45. The lowest BCUT2D eigenvalue weighted by atomic mass is 10.0. The van der Waals surface area contributed by atoms with Crippen molar-refractivity contribution in [1.82, 2.24) is 9.97 Å². The van der Waals surface area contributed by atoms with Crippen LogP contribution in [0.25, 0.3) is 0 Å². The molecular weight excluding hydrogens is 266 g/mol. The lowest BCUT2D eigenvalue weighted by Gasteiger charge is -2.22. The second kappa shape index (κ2) is 5.99. The van der Waals surface area contributed by atoms with Gasteiger partial charge in [0.1, 0.15) is 5.82 Å². The summed E-state index contributed by atoms with van der Waals surface area (Å²) in [6.07, 6.45) is 2.21. The third kappa shape index (κ3) is 2.91. The zero-order chi connectivity index (χ0) is 14.7. The Balaban J connectivity index is 1.93. The van der Waals surface area contributed by atoms with E-state index in [0.717, 1.165) is 31.7 Å². The molecule has 2 aromatic rings. The summed E-state index contributed by atoms with van der Waals surface area (Å²) in [4.78, 5) is 10.9. The van der Waals surface area contributed by atoms with Gasteiger partial charge in [0, 0.05) is 19.2 Å². The fraction of sp³-hybridized carbons (Fsp3) is 0.375. The predicted molar refractivity (Wildman–Crippen MR) is 80.9 cm³/mol. The topological polar surface area (TPSA) is 47.5 Å². The highest BCUT2D eigenvalue weighted by atomic mass is 16.5. The van der Waals surface area contributed by atoms with E-state index in [0.29, 0.717) is 11.9 Å². The van der Waals surface area contributed by atoms with Crippen LogP contribution in [0, 0.1) is 0 Å². The van der Waals surface area contributed by atoms with Gasteiger partial charge in [0.05, 0.1) is 14.2 Å². The summed E-state index contributed by atoms with van der Waals surface area (Å²) in [5, 5.41) is 0. The van der Waals surface area contributed by atoms with Crippen molar-refractivity contribution >= 4 is 5.82 Å². The van der Waals surface area contributed by atoms with Crippen LogP contribution in [-0.4, -0.2) is 30.7 Å². The third-order valence-electron chi connectivity index (χ3n) is 3.74. The van der Waals surface area contributed by atoms with Gasteiger partial charge in [-0.15, -0.1) is 0 Å². The molecule has 2 heterocycles. The van der Waals surface area contributed by atoms with Gasteiger partial charge >= 0.3 is 6.01 Å². The molecule has 1 aromatic heterocycles. The van der Waals surface area contributed by atoms with Gasteiger partial charge in [-0.2, -0.15) is 9.97 Å². The molecule has 0 N–H and O–H groups in total. The van der Waals surface area contributed by atoms with Crippen LogP contribution in [0.1, 0.15) is 17.5 Å². The van der Waals surface area contributed by atoms with Gasteiger partial charge in [-0.05, 0) is 24.0 Å². The minimum absolute atomic E-state index is 0.335.